The molecule has 1 fully saturated rings. The third-order valence-electron chi connectivity index (χ3n) is 3.65. The van der Waals surface area contributed by atoms with Crippen molar-refractivity contribution in [1.82, 2.24) is 20.0 Å². The highest BCUT2D eigenvalue weighted by atomic mass is 16.5. The minimum atomic E-state index is -0.107. The van der Waals surface area contributed by atoms with E-state index in [1.807, 2.05) is 0 Å². The van der Waals surface area contributed by atoms with Gasteiger partial charge in [0.1, 0.15) is 11.9 Å². The van der Waals surface area contributed by atoms with Gasteiger partial charge in [-0.25, -0.2) is 4.98 Å². The first-order valence-corrected chi connectivity index (χ1v) is 7.42. The van der Waals surface area contributed by atoms with E-state index < -0.39 is 0 Å². The maximum Gasteiger partial charge on any atom is 0.319 e. The fourth-order valence-electron chi connectivity index (χ4n) is 2.47. The number of carbonyl (C=O) groups is 1. The molecule has 0 radical (unpaired) electrons. The van der Waals surface area contributed by atoms with Crippen molar-refractivity contribution in [2.45, 2.75) is 25.9 Å². The number of piperidine rings is 1. The van der Waals surface area contributed by atoms with Crippen LogP contribution >= 0.6 is 0 Å². The lowest BCUT2D eigenvalue weighted by atomic mass is 10.1. The van der Waals surface area contributed by atoms with E-state index in [1.165, 1.54) is 7.11 Å². The molecule has 1 amide bonds. The Kier molecular flexibility index (Phi) is 4.40. The van der Waals surface area contributed by atoms with Crippen LogP contribution in [0.2, 0.25) is 0 Å². The zero-order valence-corrected chi connectivity index (χ0v) is 13.1. The fraction of sp³-hybridized carbons (Fsp3) is 0.467. The van der Waals surface area contributed by atoms with Gasteiger partial charge in [0.25, 0.3) is 5.91 Å². The summed E-state index contributed by atoms with van der Waals surface area (Å²) in [5.74, 6) is 1.00. The van der Waals surface area contributed by atoms with Crippen molar-refractivity contribution < 1.29 is 18.8 Å². The summed E-state index contributed by atoms with van der Waals surface area (Å²) < 4.78 is 15.8. The lowest BCUT2D eigenvalue weighted by molar-refractivity contribution is 0.0577. The Hall–Kier alpha value is -2.64. The molecule has 2 aromatic heterocycles. The molecule has 122 valence electrons. The predicted molar refractivity (Wildman–Crippen MR) is 79.4 cm³/mol. The van der Waals surface area contributed by atoms with Gasteiger partial charge in [0, 0.05) is 44.3 Å². The van der Waals surface area contributed by atoms with Crippen molar-refractivity contribution in [2.24, 2.45) is 0 Å². The average molecular weight is 318 g/mol. The molecule has 8 nitrogen and oxygen atoms in total. The Labute approximate surface area is 133 Å². The molecule has 0 bridgehead atoms. The molecule has 0 aliphatic carbocycles. The van der Waals surface area contributed by atoms with Gasteiger partial charge >= 0.3 is 6.01 Å². The molecule has 3 rings (SSSR count). The van der Waals surface area contributed by atoms with Crippen molar-refractivity contribution >= 4 is 5.91 Å². The van der Waals surface area contributed by atoms with Gasteiger partial charge in [-0.2, -0.15) is 4.98 Å². The van der Waals surface area contributed by atoms with Gasteiger partial charge in [-0.05, 0) is 6.92 Å². The summed E-state index contributed by atoms with van der Waals surface area (Å²) in [5.41, 5.74) is 0.349. The summed E-state index contributed by atoms with van der Waals surface area (Å²) in [4.78, 5) is 22.1. The van der Waals surface area contributed by atoms with Crippen LogP contribution in [0.5, 0.6) is 11.9 Å². The highest BCUT2D eigenvalue weighted by molar-refractivity contribution is 5.92. The highest BCUT2D eigenvalue weighted by Gasteiger charge is 2.26. The number of hydrogen-bond acceptors (Lipinski definition) is 7. The number of ether oxygens (including phenoxy) is 2. The lowest BCUT2D eigenvalue weighted by Gasteiger charge is -2.31. The van der Waals surface area contributed by atoms with E-state index in [9.17, 15) is 4.79 Å². The van der Waals surface area contributed by atoms with Crippen LogP contribution in [0.1, 0.15) is 29.1 Å². The second-order valence-electron chi connectivity index (χ2n) is 5.31. The molecule has 2 aromatic rings. The molecule has 23 heavy (non-hydrogen) atoms. The van der Waals surface area contributed by atoms with Gasteiger partial charge in [-0.3, -0.25) is 4.79 Å². The SMILES string of the molecule is COc1nccc(OC2CCN(C(=O)c3cc(C)on3)CC2)n1. The molecule has 8 heteroatoms. The normalized spacial score (nSPS) is 15.5. The Balaban J connectivity index is 1.55. The van der Waals surface area contributed by atoms with E-state index in [4.69, 9.17) is 14.0 Å². The third-order valence-corrected chi connectivity index (χ3v) is 3.65. The van der Waals surface area contributed by atoms with E-state index >= 15 is 0 Å². The van der Waals surface area contributed by atoms with Crippen molar-refractivity contribution in [1.29, 1.82) is 0 Å². The highest BCUT2D eigenvalue weighted by Crippen LogP contribution is 2.19. The van der Waals surface area contributed by atoms with Crippen molar-refractivity contribution in [3.63, 3.8) is 0 Å². The van der Waals surface area contributed by atoms with Crippen LogP contribution in [0, 0.1) is 6.92 Å². The molecular formula is C15H18N4O4. The number of aromatic nitrogens is 3. The Morgan fingerprint density at radius 3 is 2.83 bits per heavy atom. The third kappa shape index (κ3) is 3.58. The smallest absolute Gasteiger partial charge is 0.319 e. The monoisotopic (exact) mass is 318 g/mol. The van der Waals surface area contributed by atoms with E-state index in [-0.39, 0.29) is 18.0 Å². The maximum atomic E-state index is 12.3. The number of carbonyl (C=O) groups excluding carboxylic acids is 1. The number of aryl methyl sites for hydroxylation is 1. The van der Waals surface area contributed by atoms with Crippen LogP contribution in [0.3, 0.4) is 0 Å². The van der Waals surface area contributed by atoms with Crippen LogP contribution < -0.4 is 9.47 Å². The quantitative estimate of drug-likeness (QED) is 0.843. The Bertz CT molecular complexity index is 680. The largest absolute Gasteiger partial charge is 0.474 e. The molecule has 1 saturated heterocycles. The van der Waals surface area contributed by atoms with Crippen molar-refractivity contribution in [3.05, 3.63) is 29.8 Å². The van der Waals surface area contributed by atoms with Crippen molar-refractivity contribution in [3.8, 4) is 11.9 Å². The summed E-state index contributed by atoms with van der Waals surface area (Å²) in [6, 6.07) is 3.62. The fourth-order valence-corrected chi connectivity index (χ4v) is 2.47. The van der Waals surface area contributed by atoms with Gasteiger partial charge in [-0.15, -0.1) is 0 Å². The summed E-state index contributed by atoms with van der Waals surface area (Å²) >= 11 is 0. The topological polar surface area (TPSA) is 90.6 Å². The van der Waals surface area contributed by atoms with Gasteiger partial charge in [0.05, 0.1) is 7.11 Å². The second kappa shape index (κ2) is 6.64. The average Bonchev–Trinajstić information content (AvgIpc) is 3.01. The van der Waals surface area contributed by atoms with E-state index in [0.29, 0.717) is 30.4 Å². The molecule has 0 spiro atoms. The van der Waals surface area contributed by atoms with Gasteiger partial charge in [0.2, 0.25) is 5.88 Å². The van der Waals surface area contributed by atoms with E-state index in [1.54, 1.807) is 30.2 Å². The van der Waals surface area contributed by atoms with Crippen LogP contribution in [-0.4, -0.2) is 52.2 Å². The summed E-state index contributed by atoms with van der Waals surface area (Å²) in [6.07, 6.45) is 3.06. The summed E-state index contributed by atoms with van der Waals surface area (Å²) in [7, 11) is 1.51. The number of nitrogens with zero attached hydrogens (tertiary/aromatic N) is 4. The zero-order chi connectivity index (χ0) is 16.2. The zero-order valence-electron chi connectivity index (χ0n) is 13.1. The molecule has 3 heterocycles. The number of methoxy groups -OCH3 is 1. The first-order chi connectivity index (χ1) is 11.2. The van der Waals surface area contributed by atoms with Crippen molar-refractivity contribution in [2.75, 3.05) is 20.2 Å². The standard InChI is InChI=1S/C15H18N4O4/c1-10-9-12(18-23-10)14(20)19-7-4-11(5-8-19)22-13-3-6-16-15(17-13)21-2/h3,6,9,11H,4-5,7-8H2,1-2H3. The Morgan fingerprint density at radius 2 is 2.17 bits per heavy atom. The molecule has 0 saturated carbocycles. The van der Waals surface area contributed by atoms with Crippen LogP contribution in [0.25, 0.3) is 0 Å². The minimum absolute atomic E-state index is 0.0118. The maximum absolute atomic E-state index is 12.3. The number of hydrogen-bond donors (Lipinski definition) is 0. The van der Waals surface area contributed by atoms with Crippen LogP contribution in [-0.2, 0) is 0 Å². The molecule has 0 N–H and O–H groups in total. The summed E-state index contributed by atoms with van der Waals surface area (Å²) in [5, 5.41) is 3.77. The molecule has 0 aromatic carbocycles. The number of amides is 1. The van der Waals surface area contributed by atoms with E-state index in [0.717, 1.165) is 12.8 Å². The van der Waals surface area contributed by atoms with Crippen LogP contribution in [0.4, 0.5) is 0 Å². The molecule has 0 atom stereocenters. The lowest BCUT2D eigenvalue weighted by Crippen LogP contribution is -2.42. The summed E-state index contributed by atoms with van der Waals surface area (Å²) in [6.45, 7) is 2.98. The predicted octanol–water partition coefficient (Wildman–Crippen LogP) is 1.47. The first-order valence-electron chi connectivity index (χ1n) is 7.42. The van der Waals surface area contributed by atoms with E-state index in [2.05, 4.69) is 15.1 Å². The number of rotatable bonds is 4. The first kappa shape index (κ1) is 15.3. The molecule has 1 aliphatic rings. The second-order valence-corrected chi connectivity index (χ2v) is 5.31. The van der Waals surface area contributed by atoms with Gasteiger partial charge in [-0.1, -0.05) is 5.16 Å². The van der Waals surface area contributed by atoms with Crippen LogP contribution in [0.15, 0.2) is 22.9 Å². The van der Waals surface area contributed by atoms with Gasteiger partial charge < -0.3 is 18.9 Å². The minimum Gasteiger partial charge on any atom is -0.474 e. The molecular weight excluding hydrogens is 300 g/mol. The molecule has 0 unspecified atom stereocenters. The Morgan fingerprint density at radius 1 is 1.39 bits per heavy atom. The molecule has 1 aliphatic heterocycles. The van der Waals surface area contributed by atoms with Gasteiger partial charge in [0.15, 0.2) is 5.69 Å². The number of likely N-dealkylation sites (tertiary alicyclic amines) is 1.